The molecule has 0 saturated heterocycles. The summed E-state index contributed by atoms with van der Waals surface area (Å²) in [5, 5.41) is 14.7. The van der Waals surface area contributed by atoms with Crippen LogP contribution in [0.5, 0.6) is 0 Å². The van der Waals surface area contributed by atoms with Gasteiger partial charge < -0.3 is 15.7 Å². The molecule has 0 spiro atoms. The first-order valence-electron chi connectivity index (χ1n) is 5.52. The number of anilines is 2. The largest absolute Gasteiger partial charge is 0.416 e. The van der Waals surface area contributed by atoms with Crippen molar-refractivity contribution in [2.45, 2.75) is 24.4 Å². The minimum Gasteiger partial charge on any atom is -0.382 e. The number of aliphatic hydroxyl groups excluding tert-OH is 1. The second-order valence-corrected chi connectivity index (χ2v) is 4.37. The summed E-state index contributed by atoms with van der Waals surface area (Å²) in [7, 11) is 0. The summed E-state index contributed by atoms with van der Waals surface area (Å²) in [6.07, 6.45) is -5.31. The topological polar surface area (TPSA) is 70.1 Å². The van der Waals surface area contributed by atoms with Crippen molar-refractivity contribution < 1.29 is 18.3 Å². The van der Waals surface area contributed by atoms with E-state index in [-0.39, 0.29) is 5.82 Å². The highest BCUT2D eigenvalue weighted by Crippen LogP contribution is 2.21. The van der Waals surface area contributed by atoms with E-state index in [9.17, 15) is 13.2 Å². The molecule has 0 radical (unpaired) electrons. The summed E-state index contributed by atoms with van der Waals surface area (Å²) in [4.78, 5) is 8.14. The third-order valence-electron chi connectivity index (χ3n) is 2.10. The van der Waals surface area contributed by atoms with Gasteiger partial charge in [-0.25, -0.2) is 9.97 Å². The highest BCUT2D eigenvalue weighted by molar-refractivity contribution is 7.98. The van der Waals surface area contributed by atoms with E-state index in [2.05, 4.69) is 20.6 Å². The van der Waals surface area contributed by atoms with Gasteiger partial charge in [0.15, 0.2) is 11.3 Å². The standard InChI is InChI=1S/C10H15F3N4OS/c1-3-14-7-4-8(17-9(16-7)19-2)15-5-6(18)10(11,12)13/h4,6,18H,3,5H2,1-2H3,(H2,14,15,16,17). The van der Waals surface area contributed by atoms with Crippen molar-refractivity contribution in [1.29, 1.82) is 0 Å². The number of rotatable bonds is 6. The first kappa shape index (κ1) is 15.8. The molecule has 0 aliphatic carbocycles. The maximum absolute atomic E-state index is 12.2. The van der Waals surface area contributed by atoms with Crippen LogP contribution >= 0.6 is 11.8 Å². The van der Waals surface area contributed by atoms with Gasteiger partial charge in [-0.05, 0) is 13.2 Å². The molecule has 0 saturated carbocycles. The summed E-state index contributed by atoms with van der Waals surface area (Å²) >= 11 is 1.28. The first-order valence-corrected chi connectivity index (χ1v) is 6.75. The number of nitrogens with zero attached hydrogens (tertiary/aromatic N) is 2. The first-order chi connectivity index (χ1) is 8.86. The molecule has 0 fully saturated rings. The van der Waals surface area contributed by atoms with Gasteiger partial charge >= 0.3 is 6.18 Å². The molecule has 1 atom stereocenters. The number of hydrogen-bond acceptors (Lipinski definition) is 6. The molecule has 1 aromatic heterocycles. The zero-order valence-electron chi connectivity index (χ0n) is 10.5. The van der Waals surface area contributed by atoms with Crippen molar-refractivity contribution in [2.24, 2.45) is 0 Å². The molecule has 19 heavy (non-hydrogen) atoms. The van der Waals surface area contributed by atoms with Gasteiger partial charge in [0.25, 0.3) is 0 Å². The van der Waals surface area contributed by atoms with Crippen LogP contribution in [0, 0.1) is 0 Å². The number of halogens is 3. The molecule has 0 amide bonds. The van der Waals surface area contributed by atoms with E-state index in [4.69, 9.17) is 5.11 Å². The van der Waals surface area contributed by atoms with Crippen LogP contribution < -0.4 is 10.6 Å². The third-order valence-corrected chi connectivity index (χ3v) is 2.65. The van der Waals surface area contributed by atoms with Crippen LogP contribution in [0.3, 0.4) is 0 Å². The smallest absolute Gasteiger partial charge is 0.382 e. The van der Waals surface area contributed by atoms with E-state index < -0.39 is 18.8 Å². The molecule has 1 aromatic rings. The molecule has 1 rings (SSSR count). The van der Waals surface area contributed by atoms with Crippen molar-refractivity contribution in [1.82, 2.24) is 9.97 Å². The van der Waals surface area contributed by atoms with Crippen LogP contribution in [0.25, 0.3) is 0 Å². The Hall–Kier alpha value is -1.22. The zero-order chi connectivity index (χ0) is 14.5. The van der Waals surface area contributed by atoms with Crippen LogP contribution in [0.1, 0.15) is 6.92 Å². The Morgan fingerprint density at radius 2 is 1.89 bits per heavy atom. The fourth-order valence-corrected chi connectivity index (χ4v) is 1.57. The minimum atomic E-state index is -4.65. The predicted octanol–water partition coefficient (Wildman–Crippen LogP) is 1.97. The summed E-state index contributed by atoms with van der Waals surface area (Å²) < 4.78 is 36.5. The average molecular weight is 296 g/mol. The quantitative estimate of drug-likeness (QED) is 0.551. The van der Waals surface area contributed by atoms with Gasteiger partial charge in [0.2, 0.25) is 0 Å². The molecule has 1 unspecified atom stereocenters. The second-order valence-electron chi connectivity index (χ2n) is 3.59. The fraction of sp³-hybridized carbons (Fsp3) is 0.600. The van der Waals surface area contributed by atoms with Gasteiger partial charge in [0, 0.05) is 12.6 Å². The molecule has 0 aliphatic rings. The Bertz CT molecular complexity index is 416. The predicted molar refractivity (Wildman–Crippen MR) is 68.5 cm³/mol. The van der Waals surface area contributed by atoms with Crippen molar-refractivity contribution in [2.75, 3.05) is 30.0 Å². The van der Waals surface area contributed by atoms with Gasteiger partial charge in [0.1, 0.15) is 11.6 Å². The normalized spacial score (nSPS) is 13.2. The Labute approximate surface area is 113 Å². The number of aromatic nitrogens is 2. The number of alkyl halides is 3. The summed E-state index contributed by atoms with van der Waals surface area (Å²) in [5.41, 5.74) is 0. The Kier molecular flexibility index (Phi) is 5.67. The highest BCUT2D eigenvalue weighted by Gasteiger charge is 2.37. The molecule has 1 heterocycles. The van der Waals surface area contributed by atoms with Gasteiger partial charge in [-0.3, -0.25) is 0 Å². The number of thioether (sulfide) groups is 1. The van der Waals surface area contributed by atoms with Crippen molar-refractivity contribution >= 4 is 23.4 Å². The van der Waals surface area contributed by atoms with Gasteiger partial charge in [-0.15, -0.1) is 0 Å². The average Bonchev–Trinajstić information content (AvgIpc) is 2.34. The third kappa shape index (κ3) is 5.11. The molecule has 108 valence electrons. The van der Waals surface area contributed by atoms with E-state index in [0.717, 1.165) is 0 Å². The van der Waals surface area contributed by atoms with Crippen molar-refractivity contribution in [3.05, 3.63) is 6.07 Å². The number of aliphatic hydroxyl groups is 1. The van der Waals surface area contributed by atoms with Gasteiger partial charge in [0.05, 0.1) is 6.54 Å². The minimum absolute atomic E-state index is 0.235. The van der Waals surface area contributed by atoms with E-state index in [1.54, 1.807) is 6.26 Å². The van der Waals surface area contributed by atoms with Crippen molar-refractivity contribution in [3.8, 4) is 0 Å². The number of nitrogens with one attached hydrogen (secondary N) is 2. The lowest BCUT2D eigenvalue weighted by Gasteiger charge is -2.16. The van der Waals surface area contributed by atoms with E-state index >= 15 is 0 Å². The second kappa shape index (κ2) is 6.80. The molecule has 0 aliphatic heterocycles. The summed E-state index contributed by atoms with van der Waals surface area (Å²) in [5.74, 6) is 0.754. The maximum Gasteiger partial charge on any atom is 0.416 e. The van der Waals surface area contributed by atoms with Crippen molar-refractivity contribution in [3.63, 3.8) is 0 Å². The molecular weight excluding hydrogens is 281 g/mol. The monoisotopic (exact) mass is 296 g/mol. The number of hydrogen-bond donors (Lipinski definition) is 3. The molecule has 3 N–H and O–H groups in total. The lowest BCUT2D eigenvalue weighted by Crippen LogP contribution is -2.35. The highest BCUT2D eigenvalue weighted by atomic mass is 32.2. The molecule has 0 bridgehead atoms. The van der Waals surface area contributed by atoms with Crippen LogP contribution in [0.2, 0.25) is 0 Å². The zero-order valence-corrected chi connectivity index (χ0v) is 11.3. The lowest BCUT2D eigenvalue weighted by atomic mass is 10.3. The fourth-order valence-electron chi connectivity index (χ4n) is 1.20. The lowest BCUT2D eigenvalue weighted by molar-refractivity contribution is -0.198. The Balaban J connectivity index is 2.74. The maximum atomic E-state index is 12.2. The SMILES string of the molecule is CCNc1cc(NCC(O)C(F)(F)F)nc(SC)n1. The van der Waals surface area contributed by atoms with Crippen LogP contribution in [0.15, 0.2) is 11.2 Å². The van der Waals surface area contributed by atoms with Crippen LogP contribution in [0.4, 0.5) is 24.8 Å². The molecule has 5 nitrogen and oxygen atoms in total. The van der Waals surface area contributed by atoms with Crippen LogP contribution in [-0.2, 0) is 0 Å². The van der Waals surface area contributed by atoms with E-state index in [0.29, 0.717) is 17.5 Å². The Morgan fingerprint density at radius 3 is 2.37 bits per heavy atom. The Morgan fingerprint density at radius 1 is 1.32 bits per heavy atom. The summed E-state index contributed by atoms with van der Waals surface area (Å²) in [6.45, 7) is 1.86. The summed E-state index contributed by atoms with van der Waals surface area (Å²) in [6, 6.07) is 1.49. The van der Waals surface area contributed by atoms with E-state index in [1.165, 1.54) is 17.8 Å². The molecule has 9 heteroatoms. The van der Waals surface area contributed by atoms with Gasteiger partial charge in [-0.2, -0.15) is 13.2 Å². The van der Waals surface area contributed by atoms with Gasteiger partial charge in [-0.1, -0.05) is 11.8 Å². The molecule has 0 aromatic carbocycles. The van der Waals surface area contributed by atoms with E-state index in [1.807, 2.05) is 6.92 Å². The van der Waals surface area contributed by atoms with Crippen LogP contribution in [-0.4, -0.2) is 46.7 Å². The molecular formula is C10H15F3N4OS.